The molecule has 0 amide bonds. The Balaban J connectivity index is 2.36. The number of fused-ring (bicyclic) bond motifs is 1. The Morgan fingerprint density at radius 2 is 2.06 bits per heavy atom. The molecule has 1 N–H and O–H groups in total. The lowest BCUT2D eigenvalue weighted by Gasteiger charge is -2.42. The molecule has 1 heteroatoms. The van der Waals surface area contributed by atoms with Gasteiger partial charge in [0.05, 0.1) is 5.60 Å². The molecule has 0 aromatic carbocycles. The smallest absolute Gasteiger partial charge is 0.0806 e. The minimum absolute atomic E-state index is 0.484. The first-order valence-corrected chi connectivity index (χ1v) is 6.50. The topological polar surface area (TPSA) is 20.2 Å². The number of hydrogen-bond donors (Lipinski definition) is 1. The highest BCUT2D eigenvalue weighted by atomic mass is 16.3. The van der Waals surface area contributed by atoms with Crippen LogP contribution in [0, 0.1) is 17.8 Å². The van der Waals surface area contributed by atoms with Gasteiger partial charge in [-0.3, -0.25) is 0 Å². The maximum atomic E-state index is 10.3. The first-order chi connectivity index (χ1) is 7.39. The van der Waals surface area contributed by atoms with Crippen LogP contribution in [0.3, 0.4) is 0 Å². The van der Waals surface area contributed by atoms with E-state index in [-0.39, 0.29) is 0 Å². The summed E-state index contributed by atoms with van der Waals surface area (Å²) in [5, 5.41) is 10.3. The third kappa shape index (κ3) is 2.10. The van der Waals surface area contributed by atoms with Crippen molar-refractivity contribution in [3.05, 3.63) is 23.3 Å². The van der Waals surface area contributed by atoms with Gasteiger partial charge >= 0.3 is 0 Å². The van der Waals surface area contributed by atoms with Gasteiger partial charge in [0.25, 0.3) is 0 Å². The summed E-state index contributed by atoms with van der Waals surface area (Å²) in [5.74, 6) is 1.99. The molecule has 0 radical (unpaired) electrons. The van der Waals surface area contributed by atoms with Crippen LogP contribution in [0.15, 0.2) is 23.3 Å². The summed E-state index contributed by atoms with van der Waals surface area (Å²) in [6.45, 7) is 8.41. The van der Waals surface area contributed by atoms with E-state index in [1.54, 1.807) is 0 Å². The van der Waals surface area contributed by atoms with E-state index in [0.717, 1.165) is 18.3 Å². The molecule has 0 aromatic heterocycles. The molecule has 0 aromatic rings. The molecule has 0 aliphatic heterocycles. The van der Waals surface area contributed by atoms with E-state index in [0.29, 0.717) is 5.92 Å². The van der Waals surface area contributed by atoms with Crippen molar-refractivity contribution in [2.24, 2.45) is 17.8 Å². The highest BCUT2D eigenvalue weighted by Gasteiger charge is 2.38. The van der Waals surface area contributed by atoms with Crippen molar-refractivity contribution < 1.29 is 5.11 Å². The van der Waals surface area contributed by atoms with Crippen LogP contribution >= 0.6 is 0 Å². The predicted octanol–water partition coefficient (Wildman–Crippen LogP) is 3.70. The van der Waals surface area contributed by atoms with Crippen LogP contribution in [0.2, 0.25) is 0 Å². The minimum Gasteiger partial charge on any atom is -0.386 e. The third-order valence-corrected chi connectivity index (χ3v) is 4.30. The molecule has 2 aliphatic carbocycles. The van der Waals surface area contributed by atoms with Crippen molar-refractivity contribution in [2.45, 2.75) is 52.6 Å². The maximum Gasteiger partial charge on any atom is 0.0806 e. The van der Waals surface area contributed by atoms with Crippen LogP contribution in [0.1, 0.15) is 47.0 Å². The van der Waals surface area contributed by atoms with Crippen molar-refractivity contribution in [3.63, 3.8) is 0 Å². The number of allylic oxidation sites excluding steroid dienone is 3. The molecular formula is C15H24O. The Morgan fingerprint density at radius 3 is 2.69 bits per heavy atom. The van der Waals surface area contributed by atoms with E-state index >= 15 is 0 Å². The summed E-state index contributed by atoms with van der Waals surface area (Å²) in [6.07, 6.45) is 8.34. The van der Waals surface area contributed by atoms with Gasteiger partial charge in [-0.15, -0.1) is 0 Å². The quantitative estimate of drug-likeness (QED) is 0.668. The first kappa shape index (κ1) is 11.9. The van der Waals surface area contributed by atoms with Crippen molar-refractivity contribution in [2.75, 3.05) is 0 Å². The molecule has 0 saturated carbocycles. The van der Waals surface area contributed by atoms with Gasteiger partial charge in [-0.05, 0) is 57.4 Å². The van der Waals surface area contributed by atoms with E-state index in [2.05, 4.69) is 26.0 Å². The fourth-order valence-corrected chi connectivity index (χ4v) is 3.33. The van der Waals surface area contributed by atoms with Crippen molar-refractivity contribution in [3.8, 4) is 0 Å². The highest BCUT2D eigenvalue weighted by molar-refractivity contribution is 5.29. The van der Waals surface area contributed by atoms with Crippen LogP contribution in [0.5, 0.6) is 0 Å². The SMILES string of the molecule is CC1=CC2C(C(C)(C)O)=CC[C@H](C)C2CC1. The third-order valence-electron chi connectivity index (χ3n) is 4.30. The van der Waals surface area contributed by atoms with Gasteiger partial charge < -0.3 is 5.11 Å². The first-order valence-electron chi connectivity index (χ1n) is 6.50. The monoisotopic (exact) mass is 220 g/mol. The lowest BCUT2D eigenvalue weighted by Crippen LogP contribution is -2.36. The molecule has 2 rings (SSSR count). The molecule has 0 bridgehead atoms. The standard InChI is InChI=1S/C15H24O/c1-10-5-7-12-11(2)6-8-14(13(12)9-10)15(3,4)16/h8-9,11-13,16H,5-7H2,1-4H3/t11-,12?,13?/m0/s1. The van der Waals surface area contributed by atoms with E-state index < -0.39 is 5.60 Å². The van der Waals surface area contributed by atoms with Gasteiger partial charge in [-0.2, -0.15) is 0 Å². The summed E-state index contributed by atoms with van der Waals surface area (Å²) >= 11 is 0. The van der Waals surface area contributed by atoms with Crippen LogP contribution in [-0.2, 0) is 0 Å². The summed E-state index contributed by atoms with van der Waals surface area (Å²) in [6, 6.07) is 0. The lowest BCUT2D eigenvalue weighted by atomic mass is 9.64. The van der Waals surface area contributed by atoms with E-state index in [1.165, 1.54) is 24.0 Å². The zero-order valence-corrected chi connectivity index (χ0v) is 11.0. The van der Waals surface area contributed by atoms with Gasteiger partial charge in [-0.25, -0.2) is 0 Å². The fraction of sp³-hybridized carbons (Fsp3) is 0.733. The van der Waals surface area contributed by atoms with Crippen LogP contribution < -0.4 is 0 Å². The Kier molecular flexibility index (Phi) is 3.00. The van der Waals surface area contributed by atoms with Crippen LogP contribution in [0.25, 0.3) is 0 Å². The second-order valence-corrected chi connectivity index (χ2v) is 6.17. The highest BCUT2D eigenvalue weighted by Crippen LogP contribution is 2.45. The second-order valence-electron chi connectivity index (χ2n) is 6.17. The van der Waals surface area contributed by atoms with E-state index in [4.69, 9.17) is 0 Å². The molecule has 2 aliphatic rings. The molecule has 0 saturated heterocycles. The molecule has 0 spiro atoms. The van der Waals surface area contributed by atoms with Crippen LogP contribution in [0.4, 0.5) is 0 Å². The normalized spacial score (nSPS) is 35.2. The van der Waals surface area contributed by atoms with Crippen molar-refractivity contribution >= 4 is 0 Å². The number of hydrogen-bond acceptors (Lipinski definition) is 1. The lowest BCUT2D eigenvalue weighted by molar-refractivity contribution is 0.0923. The van der Waals surface area contributed by atoms with E-state index in [1.807, 2.05) is 13.8 Å². The van der Waals surface area contributed by atoms with Gasteiger partial charge in [0.15, 0.2) is 0 Å². The largest absolute Gasteiger partial charge is 0.386 e. The Morgan fingerprint density at radius 1 is 1.38 bits per heavy atom. The second kappa shape index (κ2) is 4.03. The summed E-state index contributed by atoms with van der Waals surface area (Å²) < 4.78 is 0. The number of aliphatic hydroxyl groups is 1. The number of rotatable bonds is 1. The van der Waals surface area contributed by atoms with Crippen molar-refractivity contribution in [1.29, 1.82) is 0 Å². The van der Waals surface area contributed by atoms with Gasteiger partial charge in [0, 0.05) is 5.92 Å². The molecule has 3 atom stereocenters. The summed E-state index contributed by atoms with van der Waals surface area (Å²) in [5.41, 5.74) is 2.08. The molecule has 1 nitrogen and oxygen atoms in total. The molecule has 0 fully saturated rings. The minimum atomic E-state index is -0.656. The predicted molar refractivity (Wildman–Crippen MR) is 68.1 cm³/mol. The maximum absolute atomic E-state index is 10.3. The zero-order chi connectivity index (χ0) is 11.9. The summed E-state index contributed by atoms with van der Waals surface area (Å²) in [4.78, 5) is 0. The summed E-state index contributed by atoms with van der Waals surface area (Å²) in [7, 11) is 0. The Labute approximate surface area is 99.3 Å². The molecular weight excluding hydrogens is 196 g/mol. The van der Waals surface area contributed by atoms with Crippen molar-refractivity contribution in [1.82, 2.24) is 0 Å². The molecule has 16 heavy (non-hydrogen) atoms. The fourth-order valence-electron chi connectivity index (χ4n) is 3.33. The zero-order valence-electron chi connectivity index (χ0n) is 11.0. The Bertz CT molecular complexity index is 330. The molecule has 2 unspecified atom stereocenters. The molecule has 0 heterocycles. The van der Waals surface area contributed by atoms with Gasteiger partial charge in [-0.1, -0.05) is 24.6 Å². The average Bonchev–Trinajstić information content (AvgIpc) is 2.15. The van der Waals surface area contributed by atoms with E-state index in [9.17, 15) is 5.11 Å². The Hall–Kier alpha value is -0.560. The molecule has 90 valence electrons. The average molecular weight is 220 g/mol. The van der Waals surface area contributed by atoms with Gasteiger partial charge in [0.2, 0.25) is 0 Å². The van der Waals surface area contributed by atoms with Gasteiger partial charge in [0.1, 0.15) is 0 Å². The van der Waals surface area contributed by atoms with Crippen LogP contribution in [-0.4, -0.2) is 10.7 Å².